The Morgan fingerprint density at radius 3 is 1.97 bits per heavy atom. The molecule has 0 spiro atoms. The molecule has 4 heteroatoms. The number of hydrogen-bond donors (Lipinski definition) is 0. The number of benzene rings is 3. The molecule has 0 aliphatic rings. The summed E-state index contributed by atoms with van der Waals surface area (Å²) in [6.45, 7) is 18.1. The first-order valence-corrected chi connectivity index (χ1v) is 13.7. The highest BCUT2D eigenvalue weighted by Gasteiger charge is 2.40. The lowest BCUT2D eigenvalue weighted by molar-refractivity contribution is 0.176. The molecule has 4 nitrogen and oxygen atoms in total. The Bertz CT molecular complexity index is 1470. The zero-order valence-corrected chi connectivity index (χ0v) is 24.2. The van der Waals surface area contributed by atoms with Crippen molar-refractivity contribution in [2.45, 2.75) is 80.1 Å². The molecule has 3 aromatic carbocycles. The molecule has 0 atom stereocenters. The Morgan fingerprint density at radius 1 is 0.816 bits per heavy atom. The summed E-state index contributed by atoms with van der Waals surface area (Å²) in [6.07, 6.45) is 3.53. The van der Waals surface area contributed by atoms with E-state index in [4.69, 9.17) is 10.2 Å². The fourth-order valence-corrected chi connectivity index (χ4v) is 5.66. The second kappa shape index (κ2) is 10.6. The number of unbranched alkanes of at least 4 members (excludes halogenated alkanes) is 1. The molecule has 0 aliphatic heterocycles. The lowest BCUT2D eigenvalue weighted by atomic mass is 9.61. The van der Waals surface area contributed by atoms with E-state index < -0.39 is 0 Å². The minimum atomic E-state index is -0.113. The van der Waals surface area contributed by atoms with Crippen molar-refractivity contribution < 1.29 is 0 Å². The Labute approximate surface area is 228 Å². The van der Waals surface area contributed by atoms with Crippen LogP contribution in [0.3, 0.4) is 0 Å². The average Bonchev–Trinajstić information content (AvgIpc) is 3.31. The van der Waals surface area contributed by atoms with Crippen LogP contribution in [0.1, 0.15) is 81.7 Å². The third kappa shape index (κ3) is 4.78. The van der Waals surface area contributed by atoms with Crippen molar-refractivity contribution in [3.63, 3.8) is 0 Å². The third-order valence-electron chi connectivity index (χ3n) is 8.50. The van der Waals surface area contributed by atoms with Crippen molar-refractivity contribution in [2.75, 3.05) is 0 Å². The molecule has 0 N–H and O–H groups in total. The molecule has 0 saturated carbocycles. The van der Waals surface area contributed by atoms with Crippen molar-refractivity contribution in [2.24, 2.45) is 5.41 Å². The van der Waals surface area contributed by atoms with Crippen LogP contribution in [0.15, 0.2) is 60.7 Å². The Balaban J connectivity index is 2.06. The summed E-state index contributed by atoms with van der Waals surface area (Å²) in [5.74, 6) is 1.49. The molecule has 0 aliphatic carbocycles. The smallest absolute Gasteiger partial charge is 0.170 e. The molecule has 0 fully saturated rings. The number of aryl methyl sites for hydroxylation is 3. The Morgan fingerprint density at radius 2 is 1.37 bits per heavy atom. The molecular weight excluding hydrogens is 464 g/mol. The number of nitriles is 1. The van der Waals surface area contributed by atoms with Crippen LogP contribution in [0.4, 0.5) is 0 Å². The van der Waals surface area contributed by atoms with Gasteiger partial charge in [-0.1, -0.05) is 102 Å². The van der Waals surface area contributed by atoms with Crippen LogP contribution in [0, 0.1) is 37.5 Å². The number of rotatable bonds is 8. The third-order valence-corrected chi connectivity index (χ3v) is 8.50. The number of hydrogen-bond acceptors (Lipinski definition) is 3. The standard InChI is InChI=1S/C34H40N4/c1-9-10-19-33(5,6)34(7,8)29-18-14-13-17-28(29)32-37-36-31(27-16-12-11-15-26(27)22-35)38(32)30-24(3)20-23(2)21-25(30)4/h11-18,20-21H,9-10,19H2,1-8H3. The van der Waals surface area contributed by atoms with Crippen LogP contribution in [0.2, 0.25) is 0 Å². The van der Waals surface area contributed by atoms with Crippen LogP contribution in [-0.4, -0.2) is 14.8 Å². The summed E-state index contributed by atoms with van der Waals surface area (Å²) in [5.41, 5.74) is 8.27. The minimum Gasteiger partial charge on any atom is -0.274 e. The maximum atomic E-state index is 9.91. The van der Waals surface area contributed by atoms with Gasteiger partial charge in [-0.2, -0.15) is 5.26 Å². The molecule has 0 amide bonds. The maximum absolute atomic E-state index is 9.91. The zero-order chi connectivity index (χ0) is 27.7. The van der Waals surface area contributed by atoms with Crippen LogP contribution in [0.25, 0.3) is 28.5 Å². The Hall–Kier alpha value is -3.71. The first kappa shape index (κ1) is 27.3. The van der Waals surface area contributed by atoms with Gasteiger partial charge < -0.3 is 0 Å². The Kier molecular flexibility index (Phi) is 7.61. The van der Waals surface area contributed by atoms with Gasteiger partial charge in [0, 0.05) is 11.1 Å². The van der Waals surface area contributed by atoms with E-state index in [1.807, 2.05) is 24.3 Å². The van der Waals surface area contributed by atoms with Crippen molar-refractivity contribution >= 4 is 0 Å². The lowest BCUT2D eigenvalue weighted by Crippen LogP contribution is -2.37. The molecule has 38 heavy (non-hydrogen) atoms. The first-order valence-electron chi connectivity index (χ1n) is 13.7. The van der Waals surface area contributed by atoms with E-state index in [9.17, 15) is 5.26 Å². The molecule has 0 bridgehead atoms. The summed E-state index contributed by atoms with van der Waals surface area (Å²) < 4.78 is 2.17. The molecule has 1 aromatic heterocycles. The van der Waals surface area contributed by atoms with E-state index in [-0.39, 0.29) is 10.8 Å². The van der Waals surface area contributed by atoms with Gasteiger partial charge in [-0.15, -0.1) is 10.2 Å². The van der Waals surface area contributed by atoms with Crippen LogP contribution in [-0.2, 0) is 5.41 Å². The van der Waals surface area contributed by atoms with Crippen molar-refractivity contribution in [1.29, 1.82) is 5.26 Å². The average molecular weight is 505 g/mol. The van der Waals surface area contributed by atoms with Gasteiger partial charge in [0.25, 0.3) is 0 Å². The van der Waals surface area contributed by atoms with Gasteiger partial charge in [0.2, 0.25) is 0 Å². The van der Waals surface area contributed by atoms with Gasteiger partial charge in [-0.25, -0.2) is 0 Å². The minimum absolute atomic E-state index is 0.0793. The van der Waals surface area contributed by atoms with E-state index in [0.717, 1.165) is 40.2 Å². The summed E-state index contributed by atoms with van der Waals surface area (Å²) in [5, 5.41) is 19.5. The van der Waals surface area contributed by atoms with Crippen molar-refractivity contribution in [3.05, 3.63) is 88.5 Å². The summed E-state index contributed by atoms with van der Waals surface area (Å²) >= 11 is 0. The zero-order valence-electron chi connectivity index (χ0n) is 24.2. The van der Waals surface area contributed by atoms with E-state index in [1.54, 1.807) is 0 Å². The van der Waals surface area contributed by atoms with E-state index in [0.29, 0.717) is 11.4 Å². The fourth-order valence-electron chi connectivity index (χ4n) is 5.66. The predicted octanol–water partition coefficient (Wildman–Crippen LogP) is 8.89. The van der Waals surface area contributed by atoms with Crippen LogP contribution in [0.5, 0.6) is 0 Å². The molecule has 1 heterocycles. The van der Waals surface area contributed by atoms with E-state index in [2.05, 4.69) is 102 Å². The van der Waals surface area contributed by atoms with E-state index >= 15 is 0 Å². The van der Waals surface area contributed by atoms with Gasteiger partial charge in [-0.3, -0.25) is 4.57 Å². The molecule has 0 unspecified atom stereocenters. The molecule has 4 rings (SSSR count). The van der Waals surface area contributed by atoms with E-state index in [1.165, 1.54) is 24.0 Å². The highest BCUT2D eigenvalue weighted by Crippen LogP contribution is 2.48. The second-order valence-corrected chi connectivity index (χ2v) is 11.7. The lowest BCUT2D eigenvalue weighted by Gasteiger charge is -2.43. The fraction of sp³-hybridized carbons (Fsp3) is 0.382. The molecule has 0 radical (unpaired) electrons. The number of nitrogens with zero attached hydrogens (tertiary/aromatic N) is 4. The first-order chi connectivity index (χ1) is 18.0. The summed E-state index contributed by atoms with van der Waals surface area (Å²) in [4.78, 5) is 0. The van der Waals surface area contributed by atoms with Gasteiger partial charge in [0.05, 0.1) is 17.3 Å². The van der Waals surface area contributed by atoms with Gasteiger partial charge in [0.1, 0.15) is 0 Å². The van der Waals surface area contributed by atoms with Crippen molar-refractivity contribution in [3.8, 4) is 34.5 Å². The van der Waals surface area contributed by atoms with Gasteiger partial charge in [-0.05, 0) is 66.8 Å². The van der Waals surface area contributed by atoms with Crippen molar-refractivity contribution in [1.82, 2.24) is 14.8 Å². The normalized spacial score (nSPS) is 12.0. The number of aromatic nitrogens is 3. The topological polar surface area (TPSA) is 54.5 Å². The molecular formula is C34H40N4. The largest absolute Gasteiger partial charge is 0.274 e. The summed E-state index contributed by atoms with van der Waals surface area (Å²) in [7, 11) is 0. The van der Waals surface area contributed by atoms with Gasteiger partial charge in [0.15, 0.2) is 11.6 Å². The molecule has 0 saturated heterocycles. The molecule has 196 valence electrons. The van der Waals surface area contributed by atoms with Crippen LogP contribution < -0.4 is 0 Å². The van der Waals surface area contributed by atoms with Crippen LogP contribution >= 0.6 is 0 Å². The highest BCUT2D eigenvalue weighted by molar-refractivity contribution is 5.74. The highest BCUT2D eigenvalue weighted by atomic mass is 15.3. The monoisotopic (exact) mass is 504 g/mol. The predicted molar refractivity (Wildman–Crippen MR) is 157 cm³/mol. The SMILES string of the molecule is CCCCC(C)(C)C(C)(C)c1ccccc1-c1nnc(-c2ccccc2C#N)n1-c1c(C)cc(C)cc1C. The summed E-state index contributed by atoms with van der Waals surface area (Å²) in [6, 6.07) is 23.1. The molecule has 4 aromatic rings. The van der Waals surface area contributed by atoms with Gasteiger partial charge >= 0.3 is 0 Å². The second-order valence-electron chi connectivity index (χ2n) is 11.7. The quantitative estimate of drug-likeness (QED) is 0.241. The maximum Gasteiger partial charge on any atom is 0.170 e.